The summed E-state index contributed by atoms with van der Waals surface area (Å²) >= 11 is 6.36. The highest BCUT2D eigenvalue weighted by Gasteiger charge is 2.28. The molecule has 48 heavy (non-hydrogen) atoms. The zero-order valence-electron chi connectivity index (χ0n) is 30.2. The van der Waals surface area contributed by atoms with Gasteiger partial charge in [-0.2, -0.15) is 5.10 Å². The Balaban J connectivity index is 1.58. The second-order valence-corrected chi connectivity index (χ2v) is 13.7. The molecular weight excluding hydrogens is 628 g/mol. The monoisotopic (exact) mass is 680 g/mol. The molecule has 2 heterocycles. The number of benzene rings is 2. The highest BCUT2D eigenvalue weighted by atomic mass is 35.5. The Morgan fingerprint density at radius 3 is 2.31 bits per heavy atom. The first kappa shape index (κ1) is 37.4. The second-order valence-electron chi connectivity index (χ2n) is 13.4. The van der Waals surface area contributed by atoms with E-state index in [1.807, 2.05) is 72.3 Å². The minimum atomic E-state index is -0.626. The lowest BCUT2D eigenvalue weighted by Gasteiger charge is -2.20. The van der Waals surface area contributed by atoms with Gasteiger partial charge >= 0.3 is 5.97 Å². The van der Waals surface area contributed by atoms with Crippen LogP contribution in [0.1, 0.15) is 72.2 Å². The zero-order chi connectivity index (χ0) is 35.0. The van der Waals surface area contributed by atoms with Gasteiger partial charge in [0.15, 0.2) is 0 Å². The number of para-hydroxylation sites is 1. The number of hydrogen-bond acceptors (Lipinski definition) is 7. The molecule has 0 fully saturated rings. The predicted molar refractivity (Wildman–Crippen MR) is 194 cm³/mol. The number of esters is 1. The molecule has 10 heteroatoms. The number of fused-ring (bicyclic) bond motifs is 1. The van der Waals surface area contributed by atoms with Gasteiger partial charge in [0.1, 0.15) is 17.0 Å². The molecule has 0 amide bonds. The predicted octanol–water partition coefficient (Wildman–Crippen LogP) is 7.54. The number of rotatable bonds is 17. The van der Waals surface area contributed by atoms with E-state index in [1.165, 1.54) is 0 Å². The fraction of sp³-hybridized carbons (Fsp3) is 0.526. The number of carbonyl (C=O) groups is 1. The SMILES string of the molecule is CNCCOCCOCCCn1nc(C)c(-c2cccc3c(CCCOc4cc(C)c(Cl)c(C)c4)c(C(=O)OC(C)(C)C)n(C)c23)c1C. The van der Waals surface area contributed by atoms with E-state index < -0.39 is 5.60 Å². The van der Waals surface area contributed by atoms with E-state index in [0.29, 0.717) is 45.1 Å². The number of carbonyl (C=O) groups excluding carboxylic acids is 1. The van der Waals surface area contributed by atoms with Crippen LogP contribution in [0.15, 0.2) is 30.3 Å². The van der Waals surface area contributed by atoms with Crippen molar-refractivity contribution in [2.24, 2.45) is 7.05 Å². The van der Waals surface area contributed by atoms with E-state index in [1.54, 1.807) is 0 Å². The fourth-order valence-electron chi connectivity index (χ4n) is 6.18. The van der Waals surface area contributed by atoms with Crippen LogP contribution in [0.5, 0.6) is 5.75 Å². The Hall–Kier alpha value is -3.37. The average Bonchev–Trinajstić information content (AvgIpc) is 3.47. The van der Waals surface area contributed by atoms with Crippen LogP contribution in [0.3, 0.4) is 0 Å². The maximum absolute atomic E-state index is 13.8. The summed E-state index contributed by atoms with van der Waals surface area (Å²) < 4.78 is 27.4. The number of likely N-dealkylation sites (N-methyl/N-ethyl adjacent to an activating group) is 1. The van der Waals surface area contributed by atoms with Crippen molar-refractivity contribution in [2.45, 2.75) is 79.9 Å². The molecule has 4 rings (SSSR count). The molecule has 2 aromatic carbocycles. The maximum Gasteiger partial charge on any atom is 0.355 e. The Morgan fingerprint density at radius 1 is 0.958 bits per heavy atom. The quantitative estimate of drug-likeness (QED) is 0.0911. The van der Waals surface area contributed by atoms with Crippen molar-refractivity contribution in [2.75, 3.05) is 46.6 Å². The minimum Gasteiger partial charge on any atom is -0.494 e. The Kier molecular flexibility index (Phi) is 13.1. The standard InChI is InChI=1S/C38H53ClN4O5/c1-25-23-29(24-26(2)34(25)39)47-19-11-15-31-30-13-10-14-32(35(30)42(9)36(31)37(44)48-38(5,6)7)33-27(3)41-43(28(33)4)17-12-18-45-21-22-46-20-16-40-8/h10,13-14,23-24,40H,11-12,15-22H2,1-9H3. The number of ether oxygens (including phenoxy) is 4. The topological polar surface area (TPSA) is 88.8 Å². The number of aryl methyl sites for hydroxylation is 6. The lowest BCUT2D eigenvalue weighted by molar-refractivity contribution is 0.00580. The molecule has 0 aliphatic carbocycles. The van der Waals surface area contributed by atoms with Gasteiger partial charge in [-0.25, -0.2) is 4.79 Å². The highest BCUT2D eigenvalue weighted by molar-refractivity contribution is 6.32. The van der Waals surface area contributed by atoms with Crippen molar-refractivity contribution in [3.05, 3.63) is 69.1 Å². The van der Waals surface area contributed by atoms with Gasteiger partial charge in [0.05, 0.1) is 37.6 Å². The number of nitrogens with one attached hydrogen (secondary N) is 1. The summed E-state index contributed by atoms with van der Waals surface area (Å²) in [6, 6.07) is 10.2. The van der Waals surface area contributed by atoms with Crippen LogP contribution in [0.25, 0.3) is 22.0 Å². The third-order valence-corrected chi connectivity index (χ3v) is 8.93. The van der Waals surface area contributed by atoms with E-state index in [4.69, 9.17) is 35.6 Å². The average molecular weight is 681 g/mol. The highest BCUT2D eigenvalue weighted by Crippen LogP contribution is 2.38. The fourth-order valence-corrected chi connectivity index (χ4v) is 6.29. The van der Waals surface area contributed by atoms with Gasteiger partial charge < -0.3 is 28.8 Å². The second kappa shape index (κ2) is 16.8. The van der Waals surface area contributed by atoms with E-state index >= 15 is 0 Å². The molecule has 262 valence electrons. The van der Waals surface area contributed by atoms with Crippen molar-refractivity contribution in [1.82, 2.24) is 19.7 Å². The largest absolute Gasteiger partial charge is 0.494 e. The molecule has 2 aromatic heterocycles. The molecule has 0 bridgehead atoms. The normalized spacial score (nSPS) is 11.9. The lowest BCUT2D eigenvalue weighted by Crippen LogP contribution is -2.26. The molecule has 0 radical (unpaired) electrons. The van der Waals surface area contributed by atoms with Gasteiger partial charge in [-0.05, 0) is 104 Å². The maximum atomic E-state index is 13.8. The summed E-state index contributed by atoms with van der Waals surface area (Å²) in [6.07, 6.45) is 2.22. The summed E-state index contributed by atoms with van der Waals surface area (Å²) in [6.45, 7) is 18.4. The van der Waals surface area contributed by atoms with Crippen LogP contribution in [0, 0.1) is 27.7 Å². The molecular formula is C38H53ClN4O5. The molecule has 0 unspecified atom stereocenters. The van der Waals surface area contributed by atoms with Crippen LogP contribution in [0.2, 0.25) is 5.02 Å². The Labute approximate surface area is 290 Å². The van der Waals surface area contributed by atoms with Crippen LogP contribution in [-0.2, 0) is 34.2 Å². The van der Waals surface area contributed by atoms with Gasteiger partial charge in [0.25, 0.3) is 0 Å². The van der Waals surface area contributed by atoms with Crippen molar-refractivity contribution in [3.8, 4) is 16.9 Å². The van der Waals surface area contributed by atoms with Gasteiger partial charge in [-0.3, -0.25) is 4.68 Å². The zero-order valence-corrected chi connectivity index (χ0v) is 31.0. The van der Waals surface area contributed by atoms with Crippen molar-refractivity contribution in [1.29, 1.82) is 0 Å². The van der Waals surface area contributed by atoms with Crippen molar-refractivity contribution in [3.63, 3.8) is 0 Å². The first-order valence-corrected chi connectivity index (χ1v) is 17.3. The molecule has 4 aromatic rings. The third kappa shape index (κ3) is 9.20. The molecule has 0 spiro atoms. The Bertz CT molecular complexity index is 1680. The molecule has 0 atom stereocenters. The lowest BCUT2D eigenvalue weighted by atomic mass is 9.98. The summed E-state index contributed by atoms with van der Waals surface area (Å²) in [4.78, 5) is 13.8. The molecule has 0 aliphatic heterocycles. The van der Waals surface area contributed by atoms with Gasteiger partial charge in [0.2, 0.25) is 0 Å². The molecule has 0 aliphatic rings. The Morgan fingerprint density at radius 2 is 1.65 bits per heavy atom. The van der Waals surface area contributed by atoms with Crippen LogP contribution in [-0.4, -0.2) is 72.5 Å². The van der Waals surface area contributed by atoms with E-state index in [0.717, 1.165) is 86.8 Å². The van der Waals surface area contributed by atoms with Gasteiger partial charge in [-0.15, -0.1) is 0 Å². The van der Waals surface area contributed by atoms with Gasteiger partial charge in [0, 0.05) is 54.0 Å². The van der Waals surface area contributed by atoms with Gasteiger partial charge in [-0.1, -0.05) is 29.8 Å². The number of nitrogens with zero attached hydrogens (tertiary/aromatic N) is 3. The van der Waals surface area contributed by atoms with Crippen molar-refractivity contribution >= 4 is 28.5 Å². The third-order valence-electron chi connectivity index (χ3n) is 8.34. The molecule has 1 N–H and O–H groups in total. The molecule has 9 nitrogen and oxygen atoms in total. The van der Waals surface area contributed by atoms with Crippen LogP contribution in [0.4, 0.5) is 0 Å². The summed E-state index contributed by atoms with van der Waals surface area (Å²) in [7, 11) is 3.87. The van der Waals surface area contributed by atoms with E-state index in [9.17, 15) is 4.79 Å². The van der Waals surface area contributed by atoms with Crippen LogP contribution < -0.4 is 10.1 Å². The van der Waals surface area contributed by atoms with Crippen LogP contribution >= 0.6 is 11.6 Å². The number of hydrogen-bond donors (Lipinski definition) is 1. The summed E-state index contributed by atoms with van der Waals surface area (Å²) in [5.41, 5.74) is 8.04. The van der Waals surface area contributed by atoms with Crippen molar-refractivity contribution < 1.29 is 23.7 Å². The first-order valence-electron chi connectivity index (χ1n) is 16.9. The van der Waals surface area contributed by atoms with E-state index in [2.05, 4.69) is 35.1 Å². The smallest absolute Gasteiger partial charge is 0.355 e. The van der Waals surface area contributed by atoms with E-state index in [-0.39, 0.29) is 5.97 Å². The first-order chi connectivity index (χ1) is 22.8. The summed E-state index contributed by atoms with van der Waals surface area (Å²) in [5, 5.41) is 9.77. The molecule has 0 saturated heterocycles. The number of halogens is 1. The molecule has 0 saturated carbocycles. The summed E-state index contributed by atoms with van der Waals surface area (Å²) in [5.74, 6) is 0.467. The minimum absolute atomic E-state index is 0.330. The number of aromatic nitrogens is 3.